The van der Waals surface area contributed by atoms with E-state index in [2.05, 4.69) is 33.0 Å². The Labute approximate surface area is 82.3 Å². The van der Waals surface area contributed by atoms with Gasteiger partial charge in [0.2, 0.25) is 0 Å². The molecule has 2 nitrogen and oxygen atoms in total. The molecular weight excluding hydrogens is 160 g/mol. The number of hydrogen-bond donors (Lipinski definition) is 2. The van der Waals surface area contributed by atoms with Gasteiger partial charge in [-0.05, 0) is 39.5 Å². The van der Waals surface area contributed by atoms with Crippen molar-refractivity contribution in [2.45, 2.75) is 70.5 Å². The van der Waals surface area contributed by atoms with E-state index in [9.17, 15) is 0 Å². The highest BCUT2D eigenvalue weighted by Crippen LogP contribution is 2.32. The van der Waals surface area contributed by atoms with Gasteiger partial charge in [-0.25, -0.2) is 0 Å². The first-order chi connectivity index (χ1) is 5.93. The summed E-state index contributed by atoms with van der Waals surface area (Å²) in [7, 11) is 0. The molecule has 0 saturated carbocycles. The van der Waals surface area contributed by atoms with Crippen molar-refractivity contribution >= 4 is 0 Å². The summed E-state index contributed by atoms with van der Waals surface area (Å²) in [4.78, 5) is 0. The average Bonchev–Trinajstić information content (AvgIpc) is 2.00. The smallest absolute Gasteiger partial charge is 0.0196 e. The SMILES string of the molecule is CCC1(CC)CC(N)CC(C)(C)N1. The van der Waals surface area contributed by atoms with Gasteiger partial charge in [-0.1, -0.05) is 13.8 Å². The van der Waals surface area contributed by atoms with Crippen LogP contribution in [0, 0.1) is 0 Å². The molecule has 1 saturated heterocycles. The maximum atomic E-state index is 6.10. The van der Waals surface area contributed by atoms with Crippen LogP contribution < -0.4 is 11.1 Å². The molecule has 1 fully saturated rings. The minimum atomic E-state index is 0.212. The zero-order valence-electron chi connectivity index (χ0n) is 9.48. The monoisotopic (exact) mass is 184 g/mol. The number of hydrogen-bond acceptors (Lipinski definition) is 2. The molecule has 13 heavy (non-hydrogen) atoms. The van der Waals surface area contributed by atoms with E-state index < -0.39 is 0 Å². The Morgan fingerprint density at radius 3 is 2.15 bits per heavy atom. The van der Waals surface area contributed by atoms with E-state index in [1.807, 2.05) is 0 Å². The molecule has 78 valence electrons. The zero-order chi connectivity index (χ0) is 10.1. The van der Waals surface area contributed by atoms with Crippen LogP contribution in [0.25, 0.3) is 0 Å². The van der Waals surface area contributed by atoms with Crippen LogP contribution in [0.2, 0.25) is 0 Å². The van der Waals surface area contributed by atoms with Gasteiger partial charge in [0.05, 0.1) is 0 Å². The van der Waals surface area contributed by atoms with Crippen molar-refractivity contribution in [2.75, 3.05) is 0 Å². The molecule has 0 radical (unpaired) electrons. The first-order valence-corrected chi connectivity index (χ1v) is 5.48. The van der Waals surface area contributed by atoms with Crippen LogP contribution in [0.5, 0.6) is 0 Å². The summed E-state index contributed by atoms with van der Waals surface area (Å²) in [5.41, 5.74) is 6.60. The summed E-state index contributed by atoms with van der Waals surface area (Å²) < 4.78 is 0. The molecule has 1 aliphatic rings. The van der Waals surface area contributed by atoms with Crippen molar-refractivity contribution in [1.29, 1.82) is 0 Å². The molecule has 0 aliphatic carbocycles. The molecule has 3 N–H and O–H groups in total. The van der Waals surface area contributed by atoms with E-state index in [1.54, 1.807) is 0 Å². The lowest BCUT2D eigenvalue weighted by Crippen LogP contribution is -2.63. The van der Waals surface area contributed by atoms with Gasteiger partial charge in [0.15, 0.2) is 0 Å². The topological polar surface area (TPSA) is 38.0 Å². The molecule has 0 aromatic rings. The predicted molar refractivity (Wildman–Crippen MR) is 57.7 cm³/mol. The zero-order valence-corrected chi connectivity index (χ0v) is 9.48. The molecule has 2 heteroatoms. The first kappa shape index (κ1) is 11.0. The molecule has 0 aromatic carbocycles. The average molecular weight is 184 g/mol. The van der Waals surface area contributed by atoms with Crippen molar-refractivity contribution in [3.63, 3.8) is 0 Å². The van der Waals surface area contributed by atoms with Crippen molar-refractivity contribution in [2.24, 2.45) is 5.73 Å². The predicted octanol–water partition coefficient (Wildman–Crippen LogP) is 2.03. The number of rotatable bonds is 2. The standard InChI is InChI=1S/C11H24N2/c1-5-11(6-2)8-9(12)7-10(3,4)13-11/h9,13H,5-8,12H2,1-4H3. The fraction of sp³-hybridized carbons (Fsp3) is 1.00. The van der Waals surface area contributed by atoms with Gasteiger partial charge in [-0.2, -0.15) is 0 Å². The van der Waals surface area contributed by atoms with Crippen LogP contribution in [-0.4, -0.2) is 17.1 Å². The summed E-state index contributed by atoms with van der Waals surface area (Å²) in [5.74, 6) is 0. The first-order valence-electron chi connectivity index (χ1n) is 5.48. The lowest BCUT2D eigenvalue weighted by molar-refractivity contribution is 0.126. The Bertz CT molecular complexity index is 171. The van der Waals surface area contributed by atoms with Gasteiger partial charge in [0.25, 0.3) is 0 Å². The fourth-order valence-electron chi connectivity index (χ4n) is 2.76. The van der Waals surface area contributed by atoms with Crippen molar-refractivity contribution in [3.8, 4) is 0 Å². The Kier molecular flexibility index (Phi) is 3.03. The second-order valence-corrected chi connectivity index (χ2v) is 5.16. The third-order valence-electron chi connectivity index (χ3n) is 3.38. The fourth-order valence-corrected chi connectivity index (χ4v) is 2.76. The van der Waals surface area contributed by atoms with E-state index in [1.165, 1.54) is 12.8 Å². The summed E-state index contributed by atoms with van der Waals surface area (Å²) >= 11 is 0. The van der Waals surface area contributed by atoms with E-state index >= 15 is 0 Å². The van der Waals surface area contributed by atoms with Crippen LogP contribution in [0.4, 0.5) is 0 Å². The van der Waals surface area contributed by atoms with Crippen LogP contribution in [0.3, 0.4) is 0 Å². The minimum absolute atomic E-state index is 0.212. The largest absolute Gasteiger partial charge is 0.328 e. The maximum Gasteiger partial charge on any atom is 0.0196 e. The normalized spacial score (nSPS) is 31.6. The number of nitrogens with one attached hydrogen (secondary N) is 1. The second kappa shape index (κ2) is 3.58. The molecule has 0 aromatic heterocycles. The Morgan fingerprint density at radius 1 is 1.23 bits per heavy atom. The van der Waals surface area contributed by atoms with Gasteiger partial charge in [-0.15, -0.1) is 0 Å². The van der Waals surface area contributed by atoms with E-state index in [0.29, 0.717) is 11.6 Å². The van der Waals surface area contributed by atoms with Crippen LogP contribution in [0.15, 0.2) is 0 Å². The molecule has 0 spiro atoms. The van der Waals surface area contributed by atoms with Gasteiger partial charge in [0, 0.05) is 17.1 Å². The molecule has 1 heterocycles. The summed E-state index contributed by atoms with van der Waals surface area (Å²) in [5, 5.41) is 3.76. The lowest BCUT2D eigenvalue weighted by Gasteiger charge is -2.48. The quantitative estimate of drug-likeness (QED) is 0.689. The highest BCUT2D eigenvalue weighted by Gasteiger charge is 2.39. The van der Waals surface area contributed by atoms with Crippen molar-refractivity contribution < 1.29 is 0 Å². The molecule has 1 aliphatic heterocycles. The summed E-state index contributed by atoms with van der Waals surface area (Å²) in [6.45, 7) is 9.02. The van der Waals surface area contributed by atoms with E-state index in [4.69, 9.17) is 5.73 Å². The number of nitrogens with two attached hydrogens (primary N) is 1. The van der Waals surface area contributed by atoms with Gasteiger partial charge >= 0.3 is 0 Å². The van der Waals surface area contributed by atoms with Gasteiger partial charge in [0.1, 0.15) is 0 Å². The molecule has 1 atom stereocenters. The van der Waals surface area contributed by atoms with Gasteiger partial charge in [-0.3, -0.25) is 0 Å². The van der Waals surface area contributed by atoms with Crippen molar-refractivity contribution in [1.82, 2.24) is 5.32 Å². The van der Waals surface area contributed by atoms with Crippen LogP contribution >= 0.6 is 0 Å². The summed E-state index contributed by atoms with van der Waals surface area (Å²) in [6, 6.07) is 0.371. The van der Waals surface area contributed by atoms with Gasteiger partial charge < -0.3 is 11.1 Å². The van der Waals surface area contributed by atoms with Crippen LogP contribution in [0.1, 0.15) is 53.4 Å². The molecular formula is C11H24N2. The van der Waals surface area contributed by atoms with E-state index in [-0.39, 0.29) is 5.54 Å². The molecule has 1 unspecified atom stereocenters. The molecule has 0 amide bonds. The molecule has 0 bridgehead atoms. The van der Waals surface area contributed by atoms with E-state index in [0.717, 1.165) is 12.8 Å². The van der Waals surface area contributed by atoms with Crippen LogP contribution in [-0.2, 0) is 0 Å². The second-order valence-electron chi connectivity index (χ2n) is 5.16. The summed E-state index contributed by atoms with van der Waals surface area (Å²) in [6.07, 6.45) is 4.58. The maximum absolute atomic E-state index is 6.10. The third-order valence-corrected chi connectivity index (χ3v) is 3.38. The minimum Gasteiger partial charge on any atom is -0.328 e. The number of piperidine rings is 1. The highest BCUT2D eigenvalue weighted by atomic mass is 15.1. The lowest BCUT2D eigenvalue weighted by atomic mass is 9.75. The highest BCUT2D eigenvalue weighted by molar-refractivity contribution is 5.01. The Hall–Kier alpha value is -0.0800. The molecule has 1 rings (SSSR count). The third kappa shape index (κ3) is 2.44. The Balaban J connectivity index is 2.76. The Morgan fingerprint density at radius 2 is 1.77 bits per heavy atom. The van der Waals surface area contributed by atoms with Crippen molar-refractivity contribution in [3.05, 3.63) is 0 Å².